The minimum atomic E-state index is -0.692. The molecule has 0 spiro atoms. The van der Waals surface area contributed by atoms with Crippen LogP contribution in [0.5, 0.6) is 0 Å². The molecule has 0 heterocycles. The van der Waals surface area contributed by atoms with Gasteiger partial charge in [0.05, 0.1) is 21.3 Å². The lowest BCUT2D eigenvalue weighted by Gasteiger charge is -2.10. The normalized spacial score (nSPS) is 10.2. The molecule has 0 fully saturated rings. The maximum atomic E-state index is 12.0. The summed E-state index contributed by atoms with van der Waals surface area (Å²) >= 11 is 17.7. The minimum absolute atomic E-state index is 0.163. The number of hydrogen-bond donors (Lipinski definition) is 2. The number of halogens is 3. The summed E-state index contributed by atoms with van der Waals surface area (Å²) in [5, 5.41) is 5.68. The maximum Gasteiger partial charge on any atom is 0.338 e. The Bertz CT molecular complexity index is 831. The third-order valence-corrected chi connectivity index (χ3v) is 3.86. The Morgan fingerprint density at radius 3 is 2.08 bits per heavy atom. The highest BCUT2D eigenvalue weighted by atomic mass is 35.5. The molecule has 0 aromatic heterocycles. The van der Waals surface area contributed by atoms with Crippen LogP contribution < -0.4 is 10.6 Å². The monoisotopic (exact) mass is 414 g/mol. The van der Waals surface area contributed by atoms with Gasteiger partial charge in [-0.25, -0.2) is 4.79 Å². The summed E-state index contributed by atoms with van der Waals surface area (Å²) < 4.78 is 4.94. The van der Waals surface area contributed by atoms with E-state index >= 15 is 0 Å². The van der Waals surface area contributed by atoms with Crippen LogP contribution in [0, 0.1) is 0 Å². The van der Waals surface area contributed by atoms with Gasteiger partial charge in [-0.05, 0) is 36.4 Å². The van der Waals surface area contributed by atoms with Crippen molar-refractivity contribution in [2.24, 2.45) is 0 Å². The predicted molar refractivity (Wildman–Crippen MR) is 101 cm³/mol. The topological polar surface area (TPSA) is 84.5 Å². The summed E-state index contributed by atoms with van der Waals surface area (Å²) in [5.74, 6) is -1.53. The van der Waals surface area contributed by atoms with Crippen molar-refractivity contribution < 1.29 is 19.1 Å². The molecular weight excluding hydrogens is 403 g/mol. The number of ether oxygens (including phenoxy) is 1. The summed E-state index contributed by atoms with van der Waals surface area (Å²) in [6.45, 7) is 0.849. The van der Waals surface area contributed by atoms with Gasteiger partial charge < -0.3 is 15.4 Å². The number of carbonyl (C=O) groups is 3. The van der Waals surface area contributed by atoms with Crippen molar-refractivity contribution in [1.29, 1.82) is 0 Å². The van der Waals surface area contributed by atoms with E-state index in [1.54, 1.807) is 12.1 Å². The molecule has 9 heteroatoms. The van der Waals surface area contributed by atoms with Crippen molar-refractivity contribution in [3.63, 3.8) is 0 Å². The van der Waals surface area contributed by atoms with Crippen LogP contribution in [0.1, 0.15) is 17.3 Å². The number of rotatable bonds is 5. The molecule has 2 N–H and O–H groups in total. The lowest BCUT2D eigenvalue weighted by atomic mass is 10.2. The molecule has 2 rings (SSSR count). The Kier molecular flexibility index (Phi) is 6.85. The van der Waals surface area contributed by atoms with Gasteiger partial charge in [-0.1, -0.05) is 34.8 Å². The lowest BCUT2D eigenvalue weighted by molar-refractivity contribution is -0.119. The van der Waals surface area contributed by atoms with Gasteiger partial charge in [0, 0.05) is 17.6 Å². The zero-order chi connectivity index (χ0) is 19.3. The average molecular weight is 416 g/mol. The zero-order valence-corrected chi connectivity index (χ0v) is 15.7. The standard InChI is InChI=1S/C17H13Cl3N2O4/c1-9(23)21-12-4-2-10(3-5-12)17(25)26-8-15(24)22-16-13(19)6-11(18)7-14(16)20/h2-7H,8H2,1H3,(H,21,23)(H,22,24). The van der Waals surface area contributed by atoms with Crippen LogP contribution in [0.4, 0.5) is 11.4 Å². The Labute approximate surface area is 164 Å². The maximum absolute atomic E-state index is 12.0. The van der Waals surface area contributed by atoms with Crippen molar-refractivity contribution >= 4 is 64.0 Å². The molecule has 26 heavy (non-hydrogen) atoms. The van der Waals surface area contributed by atoms with Gasteiger partial charge in [-0.3, -0.25) is 9.59 Å². The summed E-state index contributed by atoms with van der Waals surface area (Å²) in [6, 6.07) is 8.88. The summed E-state index contributed by atoms with van der Waals surface area (Å²) in [7, 11) is 0. The Morgan fingerprint density at radius 2 is 1.54 bits per heavy atom. The van der Waals surface area contributed by atoms with Crippen LogP contribution in [0.3, 0.4) is 0 Å². The van der Waals surface area contributed by atoms with Gasteiger partial charge in [0.25, 0.3) is 5.91 Å². The van der Waals surface area contributed by atoms with E-state index in [-0.39, 0.29) is 27.2 Å². The predicted octanol–water partition coefficient (Wildman–Crippen LogP) is 4.40. The molecular formula is C17H13Cl3N2O4. The van der Waals surface area contributed by atoms with Crippen molar-refractivity contribution in [3.8, 4) is 0 Å². The van der Waals surface area contributed by atoms with Crippen LogP contribution in [-0.4, -0.2) is 24.4 Å². The van der Waals surface area contributed by atoms with Crippen molar-refractivity contribution in [2.75, 3.05) is 17.2 Å². The van der Waals surface area contributed by atoms with Crippen LogP contribution in [0.25, 0.3) is 0 Å². The lowest BCUT2D eigenvalue weighted by Crippen LogP contribution is -2.21. The van der Waals surface area contributed by atoms with E-state index in [4.69, 9.17) is 39.5 Å². The third-order valence-electron chi connectivity index (χ3n) is 3.05. The summed E-state index contributed by atoms with van der Waals surface area (Å²) in [4.78, 5) is 34.8. The van der Waals surface area contributed by atoms with Crippen LogP contribution in [0.2, 0.25) is 15.1 Å². The molecule has 2 aromatic carbocycles. The molecule has 136 valence electrons. The number of carbonyl (C=O) groups excluding carboxylic acids is 3. The quantitative estimate of drug-likeness (QED) is 0.709. The third kappa shape index (κ3) is 5.62. The first-order valence-electron chi connectivity index (χ1n) is 7.25. The second kappa shape index (κ2) is 8.89. The first-order chi connectivity index (χ1) is 12.3. The van der Waals surface area contributed by atoms with Gasteiger partial charge in [0.15, 0.2) is 6.61 Å². The molecule has 2 amide bonds. The molecule has 2 aromatic rings. The fourth-order valence-corrected chi connectivity index (χ4v) is 2.86. The largest absolute Gasteiger partial charge is 0.452 e. The number of hydrogen-bond acceptors (Lipinski definition) is 4. The summed E-state index contributed by atoms with van der Waals surface area (Å²) in [5.41, 5.74) is 0.951. The van der Waals surface area contributed by atoms with Crippen molar-refractivity contribution in [3.05, 3.63) is 57.0 Å². The zero-order valence-electron chi connectivity index (χ0n) is 13.4. The van der Waals surface area contributed by atoms with E-state index in [9.17, 15) is 14.4 Å². The van der Waals surface area contributed by atoms with Crippen molar-refractivity contribution in [2.45, 2.75) is 6.92 Å². The smallest absolute Gasteiger partial charge is 0.338 e. The molecule has 0 unspecified atom stereocenters. The first kappa shape index (κ1) is 20.0. The van der Waals surface area contributed by atoms with Crippen LogP contribution in [-0.2, 0) is 14.3 Å². The number of benzene rings is 2. The van der Waals surface area contributed by atoms with E-state index in [0.29, 0.717) is 10.7 Å². The molecule has 0 aliphatic heterocycles. The van der Waals surface area contributed by atoms with Gasteiger partial charge in [0.1, 0.15) is 0 Å². The molecule has 0 bridgehead atoms. The van der Waals surface area contributed by atoms with Gasteiger partial charge in [0.2, 0.25) is 5.91 Å². The average Bonchev–Trinajstić information content (AvgIpc) is 2.56. The summed E-state index contributed by atoms with van der Waals surface area (Å²) in [6.07, 6.45) is 0. The SMILES string of the molecule is CC(=O)Nc1ccc(C(=O)OCC(=O)Nc2c(Cl)cc(Cl)cc2Cl)cc1. The highest BCUT2D eigenvalue weighted by Gasteiger charge is 2.14. The Balaban J connectivity index is 1.93. The van der Waals surface area contributed by atoms with Crippen LogP contribution >= 0.6 is 34.8 Å². The van der Waals surface area contributed by atoms with E-state index in [2.05, 4.69) is 10.6 Å². The molecule has 6 nitrogen and oxygen atoms in total. The van der Waals surface area contributed by atoms with E-state index in [1.807, 2.05) is 0 Å². The molecule has 0 radical (unpaired) electrons. The van der Waals surface area contributed by atoms with Gasteiger partial charge in [-0.15, -0.1) is 0 Å². The number of nitrogens with one attached hydrogen (secondary N) is 2. The number of esters is 1. The van der Waals surface area contributed by atoms with Crippen LogP contribution in [0.15, 0.2) is 36.4 Å². The minimum Gasteiger partial charge on any atom is -0.452 e. The molecule has 0 aliphatic carbocycles. The van der Waals surface area contributed by atoms with Gasteiger partial charge >= 0.3 is 5.97 Å². The fourth-order valence-electron chi connectivity index (χ4n) is 1.94. The Morgan fingerprint density at radius 1 is 0.962 bits per heavy atom. The second-order valence-electron chi connectivity index (χ2n) is 5.13. The van der Waals surface area contributed by atoms with Crippen molar-refractivity contribution in [1.82, 2.24) is 0 Å². The van der Waals surface area contributed by atoms with E-state index in [0.717, 1.165) is 0 Å². The number of anilines is 2. The first-order valence-corrected chi connectivity index (χ1v) is 8.39. The second-order valence-corrected chi connectivity index (χ2v) is 6.38. The van der Waals surface area contributed by atoms with Gasteiger partial charge in [-0.2, -0.15) is 0 Å². The fraction of sp³-hybridized carbons (Fsp3) is 0.118. The molecule has 0 saturated carbocycles. The molecule has 0 saturated heterocycles. The molecule has 0 aliphatic rings. The highest BCUT2D eigenvalue weighted by molar-refractivity contribution is 6.42. The molecule has 0 atom stereocenters. The van der Waals surface area contributed by atoms with E-state index in [1.165, 1.54) is 31.2 Å². The van der Waals surface area contributed by atoms with E-state index < -0.39 is 18.5 Å². The Hall–Kier alpha value is -2.28. The number of amides is 2. The highest BCUT2D eigenvalue weighted by Crippen LogP contribution is 2.33.